The molecule has 0 radical (unpaired) electrons. The van der Waals surface area contributed by atoms with Crippen molar-refractivity contribution in [1.29, 1.82) is 0 Å². The molecular formula is C17H22FN5O2S. The van der Waals surface area contributed by atoms with Crippen molar-refractivity contribution >= 4 is 22.4 Å². The topological polar surface area (TPSA) is 80.2 Å². The SMILES string of the molecule is COc1nc(C[C@H]2CCCN(Cc3cnc(NC(C)=O)s3)C2)ncc1F. The zero-order valence-electron chi connectivity index (χ0n) is 14.9. The predicted molar refractivity (Wildman–Crippen MR) is 96.7 cm³/mol. The molecule has 140 valence electrons. The molecule has 1 saturated heterocycles. The van der Waals surface area contributed by atoms with Gasteiger partial charge >= 0.3 is 0 Å². The van der Waals surface area contributed by atoms with Gasteiger partial charge in [0.2, 0.25) is 11.7 Å². The Morgan fingerprint density at radius 3 is 3.08 bits per heavy atom. The molecule has 1 fully saturated rings. The maximum atomic E-state index is 13.4. The first-order valence-electron chi connectivity index (χ1n) is 8.53. The summed E-state index contributed by atoms with van der Waals surface area (Å²) < 4.78 is 18.4. The van der Waals surface area contributed by atoms with E-state index in [4.69, 9.17) is 4.74 Å². The predicted octanol–water partition coefficient (Wildman–Crippen LogP) is 2.49. The third-order valence-corrected chi connectivity index (χ3v) is 5.14. The molecule has 0 bridgehead atoms. The molecule has 0 spiro atoms. The van der Waals surface area contributed by atoms with Crippen LogP contribution < -0.4 is 10.1 Å². The van der Waals surface area contributed by atoms with Gasteiger partial charge in [0.05, 0.1) is 13.3 Å². The average Bonchev–Trinajstić information content (AvgIpc) is 3.03. The number of aromatic nitrogens is 3. The molecule has 1 aliphatic rings. The number of ether oxygens (including phenoxy) is 1. The van der Waals surface area contributed by atoms with Crippen LogP contribution in [0, 0.1) is 11.7 Å². The van der Waals surface area contributed by atoms with E-state index in [9.17, 15) is 9.18 Å². The van der Waals surface area contributed by atoms with Crippen molar-refractivity contribution in [1.82, 2.24) is 19.9 Å². The smallest absolute Gasteiger partial charge is 0.253 e. The van der Waals surface area contributed by atoms with Gasteiger partial charge in [-0.25, -0.2) is 9.97 Å². The van der Waals surface area contributed by atoms with Gasteiger partial charge < -0.3 is 10.1 Å². The minimum atomic E-state index is -0.540. The van der Waals surface area contributed by atoms with Crippen LogP contribution in [0.1, 0.15) is 30.5 Å². The van der Waals surface area contributed by atoms with E-state index in [1.54, 1.807) is 0 Å². The van der Waals surface area contributed by atoms with Crippen LogP contribution in [-0.2, 0) is 17.8 Å². The number of nitrogens with one attached hydrogen (secondary N) is 1. The molecule has 1 amide bonds. The fourth-order valence-electron chi connectivity index (χ4n) is 3.16. The number of likely N-dealkylation sites (tertiary alicyclic amines) is 1. The molecule has 9 heteroatoms. The van der Waals surface area contributed by atoms with Crippen molar-refractivity contribution in [3.05, 3.63) is 28.9 Å². The quantitative estimate of drug-likeness (QED) is 0.831. The highest BCUT2D eigenvalue weighted by Crippen LogP contribution is 2.25. The van der Waals surface area contributed by atoms with E-state index < -0.39 is 5.82 Å². The second-order valence-electron chi connectivity index (χ2n) is 6.40. The Kier molecular flexibility index (Phi) is 6.10. The molecule has 0 saturated carbocycles. The number of methoxy groups -OCH3 is 1. The second-order valence-corrected chi connectivity index (χ2v) is 7.52. The Labute approximate surface area is 155 Å². The third-order valence-electron chi connectivity index (χ3n) is 4.25. The lowest BCUT2D eigenvalue weighted by atomic mass is 9.94. The van der Waals surface area contributed by atoms with Gasteiger partial charge in [-0.3, -0.25) is 9.69 Å². The minimum absolute atomic E-state index is 0.00201. The maximum absolute atomic E-state index is 13.4. The van der Waals surface area contributed by atoms with Gasteiger partial charge in [0, 0.05) is 37.5 Å². The summed E-state index contributed by atoms with van der Waals surface area (Å²) in [4.78, 5) is 27.1. The standard InChI is InChI=1S/C17H22FN5O2S/c1-11(24)21-17-20-7-13(26-17)10-23-5-3-4-12(9-23)6-15-19-8-14(18)16(22-15)25-2/h7-8,12H,3-6,9-10H2,1-2H3,(H,20,21,24)/t12-/m1/s1. The first kappa shape index (κ1) is 18.7. The highest BCUT2D eigenvalue weighted by Gasteiger charge is 2.22. The first-order chi connectivity index (χ1) is 12.5. The zero-order valence-corrected chi connectivity index (χ0v) is 15.7. The molecule has 26 heavy (non-hydrogen) atoms. The van der Waals surface area contributed by atoms with E-state index in [0.29, 0.717) is 23.3 Å². The summed E-state index contributed by atoms with van der Waals surface area (Å²) >= 11 is 1.50. The number of amides is 1. The lowest BCUT2D eigenvalue weighted by Gasteiger charge is -2.32. The van der Waals surface area contributed by atoms with Gasteiger partial charge in [0.1, 0.15) is 5.82 Å². The van der Waals surface area contributed by atoms with E-state index in [2.05, 4.69) is 25.2 Å². The summed E-state index contributed by atoms with van der Waals surface area (Å²) in [6, 6.07) is 0. The Morgan fingerprint density at radius 2 is 2.31 bits per heavy atom. The van der Waals surface area contributed by atoms with Crippen LogP contribution in [0.15, 0.2) is 12.4 Å². The molecular weight excluding hydrogens is 357 g/mol. The summed E-state index contributed by atoms with van der Waals surface area (Å²) in [6.45, 7) is 4.23. The molecule has 0 aromatic carbocycles. The number of anilines is 1. The molecule has 0 unspecified atom stereocenters. The zero-order chi connectivity index (χ0) is 18.5. The van der Waals surface area contributed by atoms with Crippen molar-refractivity contribution in [3.63, 3.8) is 0 Å². The summed E-state index contributed by atoms with van der Waals surface area (Å²) in [7, 11) is 1.40. The third kappa shape index (κ3) is 4.95. The molecule has 2 aromatic rings. The van der Waals surface area contributed by atoms with E-state index in [1.165, 1.54) is 31.6 Å². The molecule has 3 rings (SSSR count). The van der Waals surface area contributed by atoms with Crippen LogP contribution in [0.2, 0.25) is 0 Å². The van der Waals surface area contributed by atoms with Crippen LogP contribution in [0.4, 0.5) is 9.52 Å². The summed E-state index contributed by atoms with van der Waals surface area (Å²) in [5.74, 6) is 0.376. The van der Waals surface area contributed by atoms with Crippen LogP contribution >= 0.6 is 11.3 Å². The average molecular weight is 379 g/mol. The van der Waals surface area contributed by atoms with Gasteiger partial charge in [0.15, 0.2) is 5.13 Å². The van der Waals surface area contributed by atoms with Crippen LogP contribution in [0.25, 0.3) is 0 Å². The number of hydrogen-bond acceptors (Lipinski definition) is 7. The minimum Gasteiger partial charge on any atom is -0.479 e. The van der Waals surface area contributed by atoms with Gasteiger partial charge in [-0.2, -0.15) is 9.37 Å². The van der Waals surface area contributed by atoms with E-state index >= 15 is 0 Å². The second kappa shape index (κ2) is 8.50. The molecule has 2 aromatic heterocycles. The molecule has 1 N–H and O–H groups in total. The Hall–Kier alpha value is -2.13. The number of rotatable bonds is 6. The van der Waals surface area contributed by atoms with E-state index in [1.807, 2.05) is 6.20 Å². The molecule has 0 aliphatic carbocycles. The Balaban J connectivity index is 1.57. The summed E-state index contributed by atoms with van der Waals surface area (Å²) in [5.41, 5.74) is 0. The number of nitrogens with zero attached hydrogens (tertiary/aromatic N) is 4. The van der Waals surface area contributed by atoms with Crippen molar-refractivity contribution in [2.45, 2.75) is 32.7 Å². The van der Waals surface area contributed by atoms with Crippen molar-refractivity contribution in [3.8, 4) is 5.88 Å². The largest absolute Gasteiger partial charge is 0.479 e. The number of carbonyl (C=O) groups excluding carboxylic acids is 1. The number of halogens is 1. The van der Waals surface area contributed by atoms with Gasteiger partial charge in [-0.05, 0) is 25.3 Å². The molecule has 7 nitrogen and oxygen atoms in total. The van der Waals surface area contributed by atoms with Gasteiger partial charge in [-0.15, -0.1) is 11.3 Å². The lowest BCUT2D eigenvalue weighted by Crippen LogP contribution is -2.35. The number of piperidine rings is 1. The normalized spacial score (nSPS) is 17.9. The monoisotopic (exact) mass is 379 g/mol. The first-order valence-corrected chi connectivity index (χ1v) is 9.35. The van der Waals surface area contributed by atoms with E-state index in [0.717, 1.165) is 37.4 Å². The van der Waals surface area contributed by atoms with Crippen LogP contribution in [-0.4, -0.2) is 46.0 Å². The van der Waals surface area contributed by atoms with Crippen molar-refractivity contribution in [2.24, 2.45) is 5.92 Å². The summed E-state index contributed by atoms with van der Waals surface area (Å²) in [6.07, 6.45) is 5.88. The molecule has 3 heterocycles. The van der Waals surface area contributed by atoms with Gasteiger partial charge in [0.25, 0.3) is 5.88 Å². The Bertz CT molecular complexity index is 769. The number of thiazole rings is 1. The van der Waals surface area contributed by atoms with Crippen LogP contribution in [0.5, 0.6) is 5.88 Å². The van der Waals surface area contributed by atoms with Gasteiger partial charge in [-0.1, -0.05) is 0 Å². The molecule has 1 aliphatic heterocycles. The van der Waals surface area contributed by atoms with E-state index in [-0.39, 0.29) is 11.8 Å². The molecule has 1 atom stereocenters. The van der Waals surface area contributed by atoms with Crippen molar-refractivity contribution < 1.29 is 13.9 Å². The summed E-state index contributed by atoms with van der Waals surface area (Å²) in [5, 5.41) is 3.34. The number of hydrogen-bond donors (Lipinski definition) is 1. The lowest BCUT2D eigenvalue weighted by molar-refractivity contribution is -0.114. The maximum Gasteiger partial charge on any atom is 0.253 e. The highest BCUT2D eigenvalue weighted by atomic mass is 32.1. The fourth-order valence-corrected chi connectivity index (χ4v) is 4.06. The van der Waals surface area contributed by atoms with Crippen LogP contribution in [0.3, 0.4) is 0 Å². The van der Waals surface area contributed by atoms with Crippen molar-refractivity contribution in [2.75, 3.05) is 25.5 Å². The Morgan fingerprint density at radius 1 is 1.46 bits per heavy atom. The number of carbonyl (C=O) groups is 1. The fraction of sp³-hybridized carbons (Fsp3) is 0.529. The highest BCUT2D eigenvalue weighted by molar-refractivity contribution is 7.15.